The zero-order chi connectivity index (χ0) is 18.3. The second-order valence-corrected chi connectivity index (χ2v) is 7.75. The molecule has 2 atom stereocenters. The van der Waals surface area contributed by atoms with Crippen LogP contribution in [0.4, 0.5) is 4.79 Å². The van der Waals surface area contributed by atoms with Crippen LogP contribution in [0.5, 0.6) is 0 Å². The van der Waals surface area contributed by atoms with E-state index >= 15 is 0 Å². The Hall–Kier alpha value is -1.32. The molecule has 0 spiro atoms. The van der Waals surface area contributed by atoms with E-state index in [9.17, 15) is 19.8 Å². The summed E-state index contributed by atoms with van der Waals surface area (Å²) in [5.41, 5.74) is -1.78. The fourth-order valence-corrected chi connectivity index (χ4v) is 3.44. The van der Waals surface area contributed by atoms with Crippen LogP contribution in [0.15, 0.2) is 0 Å². The molecule has 1 amide bonds. The van der Waals surface area contributed by atoms with E-state index in [2.05, 4.69) is 0 Å². The Bertz CT molecular complexity index is 508. The molecule has 8 nitrogen and oxygen atoms in total. The number of nitrogens with zero attached hydrogens (tertiary/aromatic N) is 1. The molecule has 9 heteroatoms. The van der Waals surface area contributed by atoms with E-state index in [4.69, 9.17) is 14.4 Å². The first kappa shape index (κ1) is 19.0. The van der Waals surface area contributed by atoms with E-state index in [0.29, 0.717) is 19.2 Å². The molecule has 3 N–H and O–H groups in total. The van der Waals surface area contributed by atoms with Gasteiger partial charge in [-0.05, 0) is 40.4 Å². The lowest BCUT2D eigenvalue weighted by Gasteiger charge is -2.53. The fraction of sp³-hybridized carbons (Fsp3) is 0.867. The van der Waals surface area contributed by atoms with Crippen molar-refractivity contribution in [3.63, 3.8) is 0 Å². The van der Waals surface area contributed by atoms with E-state index in [1.807, 2.05) is 27.7 Å². The van der Waals surface area contributed by atoms with Crippen molar-refractivity contribution in [3.05, 3.63) is 0 Å². The van der Waals surface area contributed by atoms with Gasteiger partial charge in [0.1, 0.15) is 6.04 Å². The first-order chi connectivity index (χ1) is 11.0. The second-order valence-electron chi connectivity index (χ2n) is 7.75. The van der Waals surface area contributed by atoms with Gasteiger partial charge in [-0.25, -0.2) is 9.59 Å². The number of carboxylic acid groups (broad SMARTS) is 2. The SMILES string of the molecule is CC1(C)OB(CCCC2(CO)CN(C(=O)O)C2C(=O)O)OC1(C)C. The van der Waals surface area contributed by atoms with Crippen molar-refractivity contribution in [1.29, 1.82) is 0 Å². The Kier molecular flexibility index (Phi) is 4.91. The summed E-state index contributed by atoms with van der Waals surface area (Å²) in [6.45, 7) is 7.49. The van der Waals surface area contributed by atoms with Crippen molar-refractivity contribution >= 4 is 19.2 Å². The summed E-state index contributed by atoms with van der Waals surface area (Å²) in [5, 5.41) is 28.0. The molecule has 0 aromatic heterocycles. The highest BCUT2D eigenvalue weighted by Crippen LogP contribution is 2.43. The van der Waals surface area contributed by atoms with Crippen LogP contribution in [-0.2, 0) is 14.1 Å². The Labute approximate surface area is 141 Å². The minimum Gasteiger partial charge on any atom is -0.480 e. The van der Waals surface area contributed by atoms with Gasteiger partial charge in [0.2, 0.25) is 0 Å². The van der Waals surface area contributed by atoms with Crippen LogP contribution in [0, 0.1) is 5.41 Å². The molecule has 0 radical (unpaired) electrons. The van der Waals surface area contributed by atoms with Crippen molar-refractivity contribution < 1.29 is 34.2 Å². The molecule has 0 bridgehead atoms. The summed E-state index contributed by atoms with van der Waals surface area (Å²) in [6.07, 6.45) is 0.259. The van der Waals surface area contributed by atoms with Crippen molar-refractivity contribution in [2.45, 2.75) is 64.1 Å². The predicted octanol–water partition coefficient (Wildman–Crippen LogP) is 1.28. The molecule has 0 aliphatic carbocycles. The van der Waals surface area contributed by atoms with Crippen LogP contribution in [0.3, 0.4) is 0 Å². The average Bonchev–Trinajstić information content (AvgIpc) is 2.59. The summed E-state index contributed by atoms with van der Waals surface area (Å²) in [6, 6.07) is -1.21. The van der Waals surface area contributed by atoms with Crippen molar-refractivity contribution in [3.8, 4) is 0 Å². The van der Waals surface area contributed by atoms with E-state index in [0.717, 1.165) is 4.90 Å². The summed E-state index contributed by atoms with van der Waals surface area (Å²) in [4.78, 5) is 23.3. The van der Waals surface area contributed by atoms with Crippen LogP contribution in [-0.4, -0.2) is 69.8 Å². The van der Waals surface area contributed by atoms with E-state index in [1.165, 1.54) is 0 Å². The lowest BCUT2D eigenvalue weighted by Crippen LogP contribution is -2.70. The summed E-state index contributed by atoms with van der Waals surface area (Å²) in [7, 11) is -0.385. The number of hydrogen-bond acceptors (Lipinski definition) is 5. The molecule has 2 heterocycles. The largest absolute Gasteiger partial charge is 0.480 e. The molecule has 0 saturated carbocycles. The molecule has 2 saturated heterocycles. The van der Waals surface area contributed by atoms with Gasteiger partial charge in [-0.2, -0.15) is 0 Å². The van der Waals surface area contributed by atoms with E-state index in [-0.39, 0.29) is 20.3 Å². The molecule has 0 aromatic carbocycles. The number of aliphatic hydroxyl groups is 1. The maximum Gasteiger partial charge on any atom is 0.457 e. The highest BCUT2D eigenvalue weighted by molar-refractivity contribution is 6.45. The standard InChI is InChI=1S/C15H26BNO7/c1-13(2)14(3,4)24-16(23-13)7-5-6-15(9-18)8-17(12(21)22)10(15)11(19)20/h10,18H,5-9H2,1-4H3,(H,19,20)(H,21,22). The third-order valence-electron chi connectivity index (χ3n) is 5.59. The fourth-order valence-electron chi connectivity index (χ4n) is 3.44. The molecule has 136 valence electrons. The van der Waals surface area contributed by atoms with Gasteiger partial charge in [0.25, 0.3) is 0 Å². The number of likely N-dealkylation sites (tertiary alicyclic amines) is 1. The summed E-state index contributed by atoms with van der Waals surface area (Å²) in [5.74, 6) is -1.23. The Morgan fingerprint density at radius 1 is 1.17 bits per heavy atom. The number of aliphatic carboxylic acids is 1. The van der Waals surface area contributed by atoms with E-state index < -0.39 is 34.7 Å². The molecule has 2 rings (SSSR count). The van der Waals surface area contributed by atoms with Crippen LogP contribution >= 0.6 is 0 Å². The first-order valence-electron chi connectivity index (χ1n) is 8.15. The Morgan fingerprint density at radius 3 is 2.12 bits per heavy atom. The minimum absolute atomic E-state index is 0.0270. The van der Waals surface area contributed by atoms with Gasteiger partial charge in [0, 0.05) is 12.0 Å². The molecular weight excluding hydrogens is 317 g/mol. The molecule has 2 aliphatic heterocycles. The quantitative estimate of drug-likeness (QED) is 0.622. The number of carbonyl (C=O) groups is 2. The molecule has 24 heavy (non-hydrogen) atoms. The maximum absolute atomic E-state index is 11.4. The van der Waals surface area contributed by atoms with Crippen LogP contribution in [0.25, 0.3) is 0 Å². The van der Waals surface area contributed by atoms with Gasteiger partial charge in [-0.15, -0.1) is 0 Å². The first-order valence-corrected chi connectivity index (χ1v) is 8.15. The van der Waals surface area contributed by atoms with Gasteiger partial charge >= 0.3 is 19.2 Å². The van der Waals surface area contributed by atoms with Crippen LogP contribution in [0.1, 0.15) is 40.5 Å². The predicted molar refractivity (Wildman–Crippen MR) is 85.8 cm³/mol. The lowest BCUT2D eigenvalue weighted by molar-refractivity contribution is -0.166. The second kappa shape index (κ2) is 6.20. The van der Waals surface area contributed by atoms with Crippen LogP contribution < -0.4 is 0 Å². The van der Waals surface area contributed by atoms with Crippen molar-refractivity contribution in [2.75, 3.05) is 13.2 Å². The number of rotatable bonds is 6. The third kappa shape index (κ3) is 3.12. The number of hydrogen-bond donors (Lipinski definition) is 3. The maximum atomic E-state index is 11.4. The highest BCUT2D eigenvalue weighted by Gasteiger charge is 2.58. The zero-order valence-electron chi connectivity index (χ0n) is 14.6. The molecule has 2 fully saturated rings. The van der Waals surface area contributed by atoms with Gasteiger partial charge < -0.3 is 24.6 Å². The third-order valence-corrected chi connectivity index (χ3v) is 5.59. The van der Waals surface area contributed by atoms with Crippen molar-refractivity contribution in [1.82, 2.24) is 4.90 Å². The molecular formula is C15H26BNO7. The minimum atomic E-state index is -1.28. The Morgan fingerprint density at radius 2 is 1.71 bits per heavy atom. The molecule has 2 aliphatic rings. The van der Waals surface area contributed by atoms with Gasteiger partial charge in [-0.3, -0.25) is 4.90 Å². The van der Waals surface area contributed by atoms with E-state index in [1.54, 1.807) is 0 Å². The summed E-state index contributed by atoms with van der Waals surface area (Å²) < 4.78 is 11.8. The van der Waals surface area contributed by atoms with Gasteiger partial charge in [0.05, 0.1) is 17.8 Å². The highest BCUT2D eigenvalue weighted by atomic mass is 16.7. The van der Waals surface area contributed by atoms with Crippen molar-refractivity contribution in [2.24, 2.45) is 5.41 Å². The molecule has 0 aromatic rings. The zero-order valence-corrected chi connectivity index (χ0v) is 14.6. The topological polar surface area (TPSA) is 117 Å². The molecule has 2 unspecified atom stereocenters. The number of amides is 1. The number of aliphatic hydroxyl groups excluding tert-OH is 1. The normalized spacial score (nSPS) is 31.0. The van der Waals surface area contributed by atoms with Gasteiger partial charge in [-0.1, -0.05) is 6.42 Å². The number of carboxylic acids is 1. The monoisotopic (exact) mass is 343 g/mol. The Balaban J connectivity index is 1.93. The summed E-state index contributed by atoms with van der Waals surface area (Å²) >= 11 is 0. The van der Waals surface area contributed by atoms with Crippen LogP contribution in [0.2, 0.25) is 6.32 Å². The lowest BCUT2D eigenvalue weighted by atomic mass is 9.67. The smallest absolute Gasteiger partial charge is 0.457 e. The van der Waals surface area contributed by atoms with Gasteiger partial charge in [0.15, 0.2) is 0 Å². The average molecular weight is 343 g/mol.